The van der Waals surface area contributed by atoms with Gasteiger partial charge in [0.25, 0.3) is 0 Å². The van der Waals surface area contributed by atoms with Crippen molar-refractivity contribution in [2.24, 2.45) is 0 Å². The molecule has 324 valence electrons. The molecule has 0 saturated heterocycles. The summed E-state index contributed by atoms with van der Waals surface area (Å²) in [6.45, 7) is 0. The third-order valence-electron chi connectivity index (χ3n) is 14.1. The number of benzene rings is 11. The van der Waals surface area contributed by atoms with Crippen molar-refractivity contribution >= 4 is 82.1 Å². The number of nitrogens with zero attached hydrogens (tertiary/aromatic N) is 1. The Morgan fingerprint density at radius 2 is 0.739 bits per heavy atom. The summed E-state index contributed by atoms with van der Waals surface area (Å²) >= 11 is 1.88. The van der Waals surface area contributed by atoms with Crippen molar-refractivity contribution < 1.29 is 0 Å². The van der Waals surface area contributed by atoms with Crippen LogP contribution in [0.15, 0.2) is 273 Å². The van der Waals surface area contributed by atoms with Crippen LogP contribution in [0.25, 0.3) is 92.2 Å². The highest BCUT2D eigenvalue weighted by molar-refractivity contribution is 7.26. The number of aromatic nitrogens is 1. The Balaban J connectivity index is 1.23. The van der Waals surface area contributed by atoms with E-state index in [1.807, 2.05) is 11.3 Å². The van der Waals surface area contributed by atoms with Gasteiger partial charge >= 0.3 is 0 Å². The number of rotatable bonds is 9. The number of thiophene rings is 1. The van der Waals surface area contributed by atoms with Gasteiger partial charge in [-0.2, -0.15) is 0 Å². The van der Waals surface area contributed by atoms with Crippen LogP contribution in [0.3, 0.4) is 0 Å². The molecular formula is C66H45NSSi. The first-order valence-corrected chi connectivity index (χ1v) is 26.6. The maximum absolute atomic E-state index is 3.25. The minimum absolute atomic E-state index is 1.17. The first-order valence-electron chi connectivity index (χ1n) is 23.7. The lowest BCUT2D eigenvalue weighted by molar-refractivity contribution is 1.19. The number of fused-ring (bicyclic) bond motifs is 7. The second kappa shape index (κ2) is 17.1. The van der Waals surface area contributed by atoms with E-state index in [1.54, 1.807) is 0 Å². The summed E-state index contributed by atoms with van der Waals surface area (Å²) in [6.07, 6.45) is 0. The fourth-order valence-electron chi connectivity index (χ4n) is 11.1. The molecule has 0 aliphatic rings. The molecule has 3 heteroatoms. The summed E-state index contributed by atoms with van der Waals surface area (Å²) in [5, 5.41) is 10.4. The molecule has 0 bridgehead atoms. The number of hydrogen-bond donors (Lipinski definition) is 0. The SMILES string of the molecule is c1ccc(-c2cccc([Si](c3ccccc3)(c3cccc(-c4ccccc4)c3)c3cc(-c4ccccc4)c(-n4c5ccccc5c5ccc6sc7ccccc7c6c54)c(-c4ccccc4)c3)c2)cc1. The smallest absolute Gasteiger partial charge is 0.179 e. The highest BCUT2D eigenvalue weighted by Gasteiger charge is 2.43. The lowest BCUT2D eigenvalue weighted by atomic mass is 9.95. The molecule has 69 heavy (non-hydrogen) atoms. The number of hydrogen-bond acceptors (Lipinski definition) is 1. The van der Waals surface area contributed by atoms with Crippen molar-refractivity contribution in [3.8, 4) is 50.2 Å². The summed E-state index contributed by atoms with van der Waals surface area (Å²) in [5.41, 5.74) is 13.2. The van der Waals surface area contributed by atoms with Crippen LogP contribution >= 0.6 is 11.3 Å². The van der Waals surface area contributed by atoms with Gasteiger partial charge in [0.15, 0.2) is 8.07 Å². The van der Waals surface area contributed by atoms with Crippen LogP contribution in [-0.2, 0) is 0 Å². The van der Waals surface area contributed by atoms with Crippen LogP contribution in [0.2, 0.25) is 0 Å². The zero-order chi connectivity index (χ0) is 45.7. The fraction of sp³-hybridized carbons (Fsp3) is 0. The van der Waals surface area contributed by atoms with E-state index in [9.17, 15) is 0 Å². The van der Waals surface area contributed by atoms with E-state index >= 15 is 0 Å². The van der Waals surface area contributed by atoms with Crippen molar-refractivity contribution in [1.82, 2.24) is 4.57 Å². The van der Waals surface area contributed by atoms with Crippen molar-refractivity contribution in [3.63, 3.8) is 0 Å². The van der Waals surface area contributed by atoms with Crippen LogP contribution in [0.1, 0.15) is 0 Å². The van der Waals surface area contributed by atoms with Gasteiger partial charge in [-0.1, -0.05) is 255 Å². The van der Waals surface area contributed by atoms with Gasteiger partial charge in [0.05, 0.1) is 16.7 Å². The molecule has 0 unspecified atom stereocenters. The zero-order valence-electron chi connectivity index (χ0n) is 37.8. The lowest BCUT2D eigenvalue weighted by Crippen LogP contribution is -2.74. The first kappa shape index (κ1) is 40.9. The van der Waals surface area contributed by atoms with Gasteiger partial charge in [0.2, 0.25) is 0 Å². The van der Waals surface area contributed by atoms with Gasteiger partial charge < -0.3 is 4.57 Å². The molecule has 0 spiro atoms. The predicted molar refractivity (Wildman–Crippen MR) is 299 cm³/mol. The average molecular weight is 912 g/mol. The van der Waals surface area contributed by atoms with Gasteiger partial charge in [-0.3, -0.25) is 0 Å². The van der Waals surface area contributed by atoms with Crippen molar-refractivity contribution in [2.45, 2.75) is 0 Å². The highest BCUT2D eigenvalue weighted by atomic mass is 32.1. The van der Waals surface area contributed by atoms with E-state index in [1.165, 1.54) is 113 Å². The van der Waals surface area contributed by atoms with E-state index in [0.717, 1.165) is 0 Å². The Morgan fingerprint density at radius 3 is 1.30 bits per heavy atom. The molecule has 1 nitrogen and oxygen atoms in total. The quantitative estimate of drug-likeness (QED) is 0.100. The molecule has 0 N–H and O–H groups in total. The fourth-order valence-corrected chi connectivity index (χ4v) is 17.0. The van der Waals surface area contributed by atoms with Crippen molar-refractivity contribution in [2.75, 3.05) is 0 Å². The Bertz CT molecular complexity index is 3850. The highest BCUT2D eigenvalue weighted by Crippen LogP contribution is 2.46. The molecule has 2 aromatic heterocycles. The van der Waals surface area contributed by atoms with Gasteiger partial charge in [-0.15, -0.1) is 11.3 Å². The summed E-state index contributed by atoms with van der Waals surface area (Å²) in [7, 11) is -3.25. The van der Waals surface area contributed by atoms with Gasteiger partial charge in [-0.05, 0) is 72.3 Å². The molecule has 13 aromatic rings. The summed E-state index contributed by atoms with van der Waals surface area (Å²) in [6, 6.07) is 102. The summed E-state index contributed by atoms with van der Waals surface area (Å²) in [4.78, 5) is 0. The van der Waals surface area contributed by atoms with Crippen LogP contribution < -0.4 is 20.7 Å². The Labute approximate surface area is 407 Å². The lowest BCUT2D eigenvalue weighted by Gasteiger charge is -2.36. The van der Waals surface area contributed by atoms with Gasteiger partial charge in [0, 0.05) is 42.1 Å². The second-order valence-electron chi connectivity index (χ2n) is 17.9. The molecule has 0 atom stereocenters. The number of para-hydroxylation sites is 1. The van der Waals surface area contributed by atoms with Gasteiger partial charge in [0.1, 0.15) is 0 Å². The van der Waals surface area contributed by atoms with Crippen LogP contribution in [0.4, 0.5) is 0 Å². The maximum Gasteiger partial charge on any atom is 0.179 e. The van der Waals surface area contributed by atoms with E-state index in [-0.39, 0.29) is 0 Å². The second-order valence-corrected chi connectivity index (χ2v) is 22.8. The van der Waals surface area contributed by atoms with E-state index in [4.69, 9.17) is 0 Å². The Hall–Kier alpha value is -8.34. The molecule has 2 heterocycles. The molecule has 0 amide bonds. The van der Waals surface area contributed by atoms with Crippen molar-refractivity contribution in [3.05, 3.63) is 273 Å². The average Bonchev–Trinajstić information content (AvgIpc) is 3.98. The maximum atomic E-state index is 2.62. The third kappa shape index (κ3) is 6.81. The molecule has 13 rings (SSSR count). The zero-order valence-corrected chi connectivity index (χ0v) is 39.7. The largest absolute Gasteiger partial charge is 0.307 e. The van der Waals surface area contributed by atoms with Crippen LogP contribution in [0.5, 0.6) is 0 Å². The third-order valence-corrected chi connectivity index (χ3v) is 20.0. The summed E-state index contributed by atoms with van der Waals surface area (Å²) < 4.78 is 5.21. The molecule has 0 fully saturated rings. The van der Waals surface area contributed by atoms with E-state index < -0.39 is 8.07 Å². The topological polar surface area (TPSA) is 4.93 Å². The molecule has 11 aromatic carbocycles. The van der Waals surface area contributed by atoms with E-state index in [0.29, 0.717) is 0 Å². The van der Waals surface area contributed by atoms with E-state index in [2.05, 4.69) is 278 Å². The molecule has 0 saturated carbocycles. The van der Waals surface area contributed by atoms with Crippen LogP contribution in [0, 0.1) is 0 Å². The minimum atomic E-state index is -3.25. The van der Waals surface area contributed by atoms with Gasteiger partial charge in [-0.25, -0.2) is 0 Å². The first-order chi connectivity index (χ1) is 34.2. The van der Waals surface area contributed by atoms with Crippen molar-refractivity contribution in [1.29, 1.82) is 0 Å². The molecular weight excluding hydrogens is 867 g/mol. The van der Waals surface area contributed by atoms with Crippen LogP contribution in [-0.4, -0.2) is 12.6 Å². The summed E-state index contributed by atoms with van der Waals surface area (Å²) in [5.74, 6) is 0. The standard InChI is InChI=1S/C66H45NSSi/c1-6-22-46(23-7-1)50-30-20-34-53(42-50)69(52-32-14-5-15-33-52,54-35-21-31-51(43-54)47-24-8-2-9-25-47)55-44-59(48-26-10-3-11-27-48)65(60(45-55)49-28-12-4-13-29-49)67-61-38-18-16-36-56(61)57-40-41-63-64(66(57)67)58-37-17-19-39-62(58)68-63/h1-45H. The molecule has 0 radical (unpaired) electrons. The monoisotopic (exact) mass is 911 g/mol. The minimum Gasteiger partial charge on any atom is -0.307 e. The Morgan fingerprint density at radius 1 is 0.290 bits per heavy atom. The normalized spacial score (nSPS) is 11.8. The molecule has 0 aliphatic heterocycles. The molecule has 0 aliphatic carbocycles. The Kier molecular flexibility index (Phi) is 10.1. The predicted octanol–water partition coefficient (Wildman–Crippen LogP) is 15.2.